The van der Waals surface area contributed by atoms with Gasteiger partial charge in [-0.25, -0.2) is 0 Å². The molecule has 0 radical (unpaired) electrons. The van der Waals surface area contributed by atoms with E-state index in [1.165, 1.54) is 6.26 Å². The Bertz CT molecular complexity index is 545. The van der Waals surface area contributed by atoms with Crippen LogP contribution in [0.4, 0.5) is 0 Å². The van der Waals surface area contributed by atoms with E-state index in [2.05, 4.69) is 0 Å². The Labute approximate surface area is 117 Å². The van der Waals surface area contributed by atoms with Crippen LogP contribution in [0, 0.1) is 6.92 Å². The van der Waals surface area contributed by atoms with Crippen molar-refractivity contribution in [2.75, 3.05) is 6.61 Å². The van der Waals surface area contributed by atoms with Crippen molar-refractivity contribution in [3.05, 3.63) is 41.3 Å². The van der Waals surface area contributed by atoms with Gasteiger partial charge in [-0.3, -0.25) is 4.79 Å². The van der Waals surface area contributed by atoms with E-state index >= 15 is 0 Å². The number of benzene rings is 1. The molecule has 0 unspecified atom stereocenters. The van der Waals surface area contributed by atoms with Gasteiger partial charge in [-0.1, -0.05) is 12.1 Å². The third-order valence-electron chi connectivity index (χ3n) is 2.96. The normalized spacial score (nSPS) is 16.1. The highest BCUT2D eigenvalue weighted by atomic mass is 16.7. The predicted molar refractivity (Wildman–Crippen MR) is 72.3 cm³/mol. The molecule has 0 fully saturated rings. The van der Waals surface area contributed by atoms with Crippen molar-refractivity contribution >= 4 is 5.97 Å². The number of carboxylic acids is 1. The Hall–Kier alpha value is -2.17. The second-order valence-electron chi connectivity index (χ2n) is 5.10. The Morgan fingerprint density at radius 2 is 2.15 bits per heavy atom. The van der Waals surface area contributed by atoms with Gasteiger partial charge in [0, 0.05) is 13.8 Å². The Morgan fingerprint density at radius 1 is 1.40 bits per heavy atom. The first-order valence-corrected chi connectivity index (χ1v) is 6.36. The van der Waals surface area contributed by atoms with Crippen molar-refractivity contribution in [3.8, 4) is 5.75 Å². The van der Waals surface area contributed by atoms with Crippen molar-refractivity contribution in [1.29, 1.82) is 0 Å². The van der Waals surface area contributed by atoms with E-state index in [0.29, 0.717) is 11.5 Å². The third kappa shape index (κ3) is 3.44. The van der Waals surface area contributed by atoms with Gasteiger partial charge in [0.2, 0.25) is 5.79 Å². The third-order valence-corrected chi connectivity index (χ3v) is 2.96. The average Bonchev–Trinajstić information content (AvgIpc) is 2.70. The zero-order valence-electron chi connectivity index (χ0n) is 11.8. The molecule has 0 atom stereocenters. The maximum atomic E-state index is 10.8. The number of aliphatic carboxylic acids is 1. The molecular weight excluding hydrogens is 260 g/mol. The van der Waals surface area contributed by atoms with Crippen molar-refractivity contribution in [2.45, 2.75) is 33.0 Å². The molecular formula is C15H18O5. The van der Waals surface area contributed by atoms with Crippen LogP contribution in [-0.2, 0) is 20.7 Å². The van der Waals surface area contributed by atoms with Crippen LogP contribution in [-0.4, -0.2) is 23.5 Å². The first kappa shape index (κ1) is 14.2. The van der Waals surface area contributed by atoms with Crippen LogP contribution in [0.15, 0.2) is 30.2 Å². The fourth-order valence-corrected chi connectivity index (χ4v) is 1.95. The van der Waals surface area contributed by atoms with Crippen molar-refractivity contribution < 1.29 is 24.1 Å². The van der Waals surface area contributed by atoms with Crippen LogP contribution in [0.2, 0.25) is 0 Å². The fraction of sp³-hybridized carbons (Fsp3) is 0.400. The number of ether oxygens (including phenoxy) is 3. The Balaban J connectivity index is 2.02. The van der Waals surface area contributed by atoms with Crippen LogP contribution in [0.1, 0.15) is 25.0 Å². The maximum Gasteiger partial charge on any atom is 0.307 e. The molecule has 0 aliphatic carbocycles. The van der Waals surface area contributed by atoms with Gasteiger partial charge >= 0.3 is 5.97 Å². The van der Waals surface area contributed by atoms with Crippen LogP contribution >= 0.6 is 0 Å². The molecule has 0 spiro atoms. The number of carbonyl (C=O) groups is 1. The zero-order valence-corrected chi connectivity index (χ0v) is 11.8. The average molecular weight is 278 g/mol. The molecule has 1 aliphatic rings. The highest BCUT2D eigenvalue weighted by molar-refractivity contribution is 5.71. The summed E-state index contributed by atoms with van der Waals surface area (Å²) in [4.78, 5) is 10.8. The molecule has 1 aromatic carbocycles. The SMILES string of the molecule is Cc1c(CC(=O)O)cccc1OCC1=COC(C)(C)O1. The highest BCUT2D eigenvalue weighted by Crippen LogP contribution is 2.26. The first-order valence-electron chi connectivity index (χ1n) is 6.36. The molecule has 0 bridgehead atoms. The van der Waals surface area contributed by atoms with Gasteiger partial charge in [-0.2, -0.15) is 0 Å². The minimum atomic E-state index is -0.859. The molecule has 5 nitrogen and oxygen atoms in total. The van der Waals surface area contributed by atoms with Crippen LogP contribution in [0.25, 0.3) is 0 Å². The van der Waals surface area contributed by atoms with Gasteiger partial charge in [0.15, 0.2) is 5.76 Å². The van der Waals surface area contributed by atoms with Gasteiger partial charge in [-0.15, -0.1) is 0 Å². The van der Waals surface area contributed by atoms with E-state index in [1.807, 2.05) is 26.8 Å². The van der Waals surface area contributed by atoms with Gasteiger partial charge in [-0.05, 0) is 24.1 Å². The van der Waals surface area contributed by atoms with E-state index in [0.717, 1.165) is 11.1 Å². The van der Waals surface area contributed by atoms with Crippen molar-refractivity contribution in [2.24, 2.45) is 0 Å². The summed E-state index contributed by atoms with van der Waals surface area (Å²) < 4.78 is 16.5. The predicted octanol–water partition coefficient (Wildman–Crippen LogP) is 2.63. The number of hydrogen-bond acceptors (Lipinski definition) is 4. The molecule has 1 N–H and O–H groups in total. The van der Waals surface area contributed by atoms with Crippen molar-refractivity contribution in [3.63, 3.8) is 0 Å². The molecule has 2 rings (SSSR count). The minimum Gasteiger partial charge on any atom is -0.485 e. The van der Waals surface area contributed by atoms with Gasteiger partial charge in [0.05, 0.1) is 6.42 Å². The summed E-state index contributed by atoms with van der Waals surface area (Å²) >= 11 is 0. The molecule has 5 heteroatoms. The molecule has 0 saturated carbocycles. The first-order chi connectivity index (χ1) is 9.37. The lowest BCUT2D eigenvalue weighted by molar-refractivity contribution is -0.136. The molecule has 1 aliphatic heterocycles. The standard InChI is InChI=1S/C15H18O5/c1-10-11(7-14(16)17)5-4-6-13(10)18-8-12-9-19-15(2,3)20-12/h4-6,9H,7-8H2,1-3H3,(H,16,17). The summed E-state index contributed by atoms with van der Waals surface area (Å²) in [7, 11) is 0. The molecule has 1 aromatic rings. The lowest BCUT2D eigenvalue weighted by atomic mass is 10.1. The largest absolute Gasteiger partial charge is 0.485 e. The van der Waals surface area contributed by atoms with Crippen LogP contribution in [0.3, 0.4) is 0 Å². The summed E-state index contributed by atoms with van der Waals surface area (Å²) in [5.41, 5.74) is 1.57. The zero-order chi connectivity index (χ0) is 14.8. The van der Waals surface area contributed by atoms with Crippen LogP contribution < -0.4 is 4.74 Å². The van der Waals surface area contributed by atoms with E-state index < -0.39 is 11.8 Å². The lowest BCUT2D eigenvalue weighted by Crippen LogP contribution is -2.21. The van der Waals surface area contributed by atoms with Crippen LogP contribution in [0.5, 0.6) is 5.75 Å². The number of rotatable bonds is 5. The van der Waals surface area contributed by atoms with Gasteiger partial charge in [0.1, 0.15) is 18.6 Å². The summed E-state index contributed by atoms with van der Waals surface area (Å²) in [6.45, 7) is 5.73. The number of carboxylic acid groups (broad SMARTS) is 1. The smallest absolute Gasteiger partial charge is 0.307 e. The topological polar surface area (TPSA) is 65.0 Å². The Morgan fingerprint density at radius 3 is 2.75 bits per heavy atom. The molecule has 1 heterocycles. The van der Waals surface area contributed by atoms with E-state index in [1.54, 1.807) is 12.1 Å². The summed E-state index contributed by atoms with van der Waals surface area (Å²) in [5.74, 6) is -0.253. The van der Waals surface area contributed by atoms with Crippen molar-refractivity contribution in [1.82, 2.24) is 0 Å². The molecule has 108 valence electrons. The summed E-state index contributed by atoms with van der Waals surface area (Å²) in [6, 6.07) is 5.38. The highest BCUT2D eigenvalue weighted by Gasteiger charge is 2.27. The fourth-order valence-electron chi connectivity index (χ4n) is 1.95. The lowest BCUT2D eigenvalue weighted by Gasteiger charge is -2.18. The van der Waals surface area contributed by atoms with Gasteiger partial charge in [0.25, 0.3) is 0 Å². The van der Waals surface area contributed by atoms with E-state index in [4.69, 9.17) is 19.3 Å². The second kappa shape index (κ2) is 5.45. The minimum absolute atomic E-state index is 0.0155. The summed E-state index contributed by atoms with van der Waals surface area (Å²) in [5, 5.41) is 8.86. The monoisotopic (exact) mass is 278 g/mol. The molecule has 20 heavy (non-hydrogen) atoms. The maximum absolute atomic E-state index is 10.8. The van der Waals surface area contributed by atoms with E-state index in [9.17, 15) is 4.79 Å². The van der Waals surface area contributed by atoms with E-state index in [-0.39, 0.29) is 13.0 Å². The number of hydrogen-bond donors (Lipinski definition) is 1. The Kier molecular flexibility index (Phi) is 3.88. The molecule has 0 saturated heterocycles. The van der Waals surface area contributed by atoms with Gasteiger partial charge < -0.3 is 19.3 Å². The molecule has 0 aromatic heterocycles. The quantitative estimate of drug-likeness (QED) is 0.897. The summed E-state index contributed by atoms with van der Waals surface area (Å²) in [6.07, 6.45) is 1.52. The molecule has 0 amide bonds. The second-order valence-corrected chi connectivity index (χ2v) is 5.10.